The molecule has 0 saturated carbocycles. The van der Waals surface area contributed by atoms with Gasteiger partial charge in [-0.3, -0.25) is 0 Å². The zero-order chi connectivity index (χ0) is 32.8. The second kappa shape index (κ2) is 14.4. The lowest BCUT2D eigenvalue weighted by atomic mass is 9.97. The van der Waals surface area contributed by atoms with Crippen LogP contribution in [0, 0.1) is 27.7 Å². The van der Waals surface area contributed by atoms with Crippen LogP contribution in [0.5, 0.6) is 11.5 Å². The van der Waals surface area contributed by atoms with Crippen molar-refractivity contribution in [2.75, 3.05) is 0 Å². The van der Waals surface area contributed by atoms with Gasteiger partial charge in [-0.15, -0.1) is 26.3 Å². The summed E-state index contributed by atoms with van der Waals surface area (Å²) in [7, 11) is 0. The summed E-state index contributed by atoms with van der Waals surface area (Å²) in [6, 6.07) is 23.3. The molecule has 0 atom stereocenters. The number of ether oxygens (including phenoxy) is 2. The molecule has 0 aliphatic rings. The third kappa shape index (κ3) is 10.0. The molecule has 0 unspecified atom stereocenters. The molecule has 0 fully saturated rings. The average Bonchev–Trinajstić information content (AvgIpc) is 2.96. The third-order valence-electron chi connectivity index (χ3n) is 7.86. The molecule has 4 rings (SSSR count). The van der Waals surface area contributed by atoms with E-state index in [0.29, 0.717) is 22.3 Å². The van der Waals surface area contributed by atoms with Gasteiger partial charge in [0, 0.05) is 0 Å². The molecular weight excluding hydrogens is 590 g/mol. The first-order chi connectivity index (χ1) is 21.2. The lowest BCUT2D eigenvalue weighted by Gasteiger charge is -2.15. The fraction of sp³-hybridized carbons (Fsp3) is 0.351. The molecule has 0 aliphatic carbocycles. The summed E-state index contributed by atoms with van der Waals surface area (Å²) in [5.74, 6) is -0.284. The normalized spacial score (nSPS) is 12.0. The van der Waals surface area contributed by atoms with Crippen molar-refractivity contribution < 1.29 is 35.8 Å². The van der Waals surface area contributed by atoms with Crippen molar-refractivity contribution in [3.8, 4) is 33.8 Å². The monoisotopic (exact) mass is 628 g/mol. The first kappa shape index (κ1) is 33.9. The van der Waals surface area contributed by atoms with Crippen LogP contribution in [0.2, 0.25) is 0 Å². The van der Waals surface area contributed by atoms with Gasteiger partial charge in [-0.25, -0.2) is 0 Å². The summed E-state index contributed by atoms with van der Waals surface area (Å²) in [4.78, 5) is 0. The van der Waals surface area contributed by atoms with Crippen LogP contribution in [-0.4, -0.2) is 12.7 Å². The van der Waals surface area contributed by atoms with Crippen molar-refractivity contribution >= 4 is 0 Å². The van der Waals surface area contributed by atoms with Gasteiger partial charge in [-0.2, -0.15) is 0 Å². The van der Waals surface area contributed by atoms with Crippen LogP contribution in [0.1, 0.15) is 65.5 Å². The van der Waals surface area contributed by atoms with E-state index in [9.17, 15) is 26.3 Å². The van der Waals surface area contributed by atoms with Gasteiger partial charge in [0.15, 0.2) is 0 Å². The Morgan fingerprint density at radius 2 is 0.711 bits per heavy atom. The summed E-state index contributed by atoms with van der Waals surface area (Å²) in [5, 5.41) is 0. The number of rotatable bonds is 12. The van der Waals surface area contributed by atoms with Gasteiger partial charge >= 0.3 is 12.7 Å². The van der Waals surface area contributed by atoms with Crippen LogP contribution < -0.4 is 9.47 Å². The standard InChI is InChI=1S/C37H38F6O2/c1-24-20-32(21-25(2)34(24)44-36(38,39)40)30-16-12-28(13-17-30)10-8-6-5-7-9-11-29-14-18-31(19-15-29)33-22-26(3)35(27(4)23-33)45-37(41,42)43/h12-23H,5-11H2,1-4H3. The van der Waals surface area contributed by atoms with Crippen LogP contribution in [0.4, 0.5) is 26.3 Å². The average molecular weight is 629 g/mol. The van der Waals surface area contributed by atoms with Crippen LogP contribution in [0.25, 0.3) is 22.3 Å². The molecule has 8 heteroatoms. The van der Waals surface area contributed by atoms with Crippen LogP contribution in [-0.2, 0) is 12.8 Å². The van der Waals surface area contributed by atoms with E-state index in [4.69, 9.17) is 0 Å². The Bertz CT molecular complexity index is 1400. The van der Waals surface area contributed by atoms with Gasteiger partial charge in [-0.1, -0.05) is 67.8 Å². The van der Waals surface area contributed by atoms with Crippen molar-refractivity contribution in [1.82, 2.24) is 0 Å². The molecule has 0 N–H and O–H groups in total. The van der Waals surface area contributed by atoms with Crippen molar-refractivity contribution in [1.29, 1.82) is 0 Å². The smallest absolute Gasteiger partial charge is 0.405 e. The van der Waals surface area contributed by atoms with Gasteiger partial charge in [0.25, 0.3) is 0 Å². The van der Waals surface area contributed by atoms with E-state index in [0.717, 1.165) is 67.2 Å². The van der Waals surface area contributed by atoms with E-state index in [2.05, 4.69) is 33.7 Å². The van der Waals surface area contributed by atoms with Gasteiger partial charge in [0.2, 0.25) is 0 Å². The molecule has 0 saturated heterocycles. The first-order valence-corrected chi connectivity index (χ1v) is 15.1. The molecule has 0 bridgehead atoms. The Labute approximate surface area is 261 Å². The highest BCUT2D eigenvalue weighted by Crippen LogP contribution is 2.35. The first-order valence-electron chi connectivity index (χ1n) is 15.1. The number of aryl methyl sites for hydroxylation is 6. The number of benzene rings is 4. The van der Waals surface area contributed by atoms with E-state index >= 15 is 0 Å². The minimum absolute atomic E-state index is 0.142. The summed E-state index contributed by atoms with van der Waals surface area (Å²) < 4.78 is 84.6. The highest BCUT2D eigenvalue weighted by molar-refractivity contribution is 5.68. The van der Waals surface area contributed by atoms with Gasteiger partial charge in [0.1, 0.15) is 11.5 Å². The Morgan fingerprint density at radius 1 is 0.422 bits per heavy atom. The molecule has 45 heavy (non-hydrogen) atoms. The minimum Gasteiger partial charge on any atom is -0.405 e. The fourth-order valence-corrected chi connectivity index (χ4v) is 5.70. The van der Waals surface area contributed by atoms with Gasteiger partial charge < -0.3 is 9.47 Å². The number of hydrogen-bond donors (Lipinski definition) is 0. The van der Waals surface area contributed by atoms with Crippen LogP contribution in [0.3, 0.4) is 0 Å². The highest BCUT2D eigenvalue weighted by atomic mass is 19.4. The summed E-state index contributed by atoms with van der Waals surface area (Å²) in [6.45, 7) is 6.48. The lowest BCUT2D eigenvalue weighted by molar-refractivity contribution is -0.276. The second-order valence-corrected chi connectivity index (χ2v) is 11.6. The molecule has 0 amide bonds. The van der Waals surface area contributed by atoms with E-state index < -0.39 is 12.7 Å². The predicted molar refractivity (Wildman–Crippen MR) is 167 cm³/mol. The Hall–Kier alpha value is -3.94. The predicted octanol–water partition coefficient (Wildman–Crippen LogP) is 11.8. The van der Waals surface area contributed by atoms with Crippen molar-refractivity contribution in [3.05, 3.63) is 106 Å². The van der Waals surface area contributed by atoms with Crippen molar-refractivity contribution in [2.24, 2.45) is 0 Å². The van der Waals surface area contributed by atoms with Crippen molar-refractivity contribution in [2.45, 2.75) is 85.4 Å². The topological polar surface area (TPSA) is 18.5 Å². The second-order valence-electron chi connectivity index (χ2n) is 11.6. The molecule has 4 aromatic rings. The zero-order valence-electron chi connectivity index (χ0n) is 26.0. The minimum atomic E-state index is -4.72. The fourth-order valence-electron chi connectivity index (χ4n) is 5.70. The SMILES string of the molecule is Cc1cc(-c2ccc(CCCCCCCc3ccc(-c4cc(C)c(OC(F)(F)F)c(C)c4)cc3)cc2)cc(C)c1OC(F)(F)F. The Balaban J connectivity index is 1.18. The van der Waals surface area contributed by atoms with Gasteiger partial charge in [0.05, 0.1) is 0 Å². The molecule has 240 valence electrons. The molecule has 0 radical (unpaired) electrons. The summed E-state index contributed by atoms with van der Waals surface area (Å²) >= 11 is 0. The summed E-state index contributed by atoms with van der Waals surface area (Å²) in [5.41, 5.74) is 7.88. The van der Waals surface area contributed by atoms with E-state index in [1.807, 2.05) is 24.3 Å². The van der Waals surface area contributed by atoms with Crippen molar-refractivity contribution in [3.63, 3.8) is 0 Å². The summed E-state index contributed by atoms with van der Waals surface area (Å²) in [6.07, 6.45) is -1.91. The maximum absolute atomic E-state index is 12.7. The number of halogens is 6. The maximum atomic E-state index is 12.7. The molecule has 0 heterocycles. The number of unbranched alkanes of at least 4 members (excludes halogenated alkanes) is 4. The third-order valence-corrected chi connectivity index (χ3v) is 7.86. The highest BCUT2D eigenvalue weighted by Gasteiger charge is 2.33. The Kier molecular flexibility index (Phi) is 10.9. The van der Waals surface area contributed by atoms with E-state index in [1.165, 1.54) is 11.1 Å². The van der Waals surface area contributed by atoms with Crippen LogP contribution in [0.15, 0.2) is 72.8 Å². The van der Waals surface area contributed by atoms with E-state index in [1.54, 1.807) is 52.0 Å². The molecule has 2 nitrogen and oxygen atoms in total. The van der Waals surface area contributed by atoms with E-state index in [-0.39, 0.29) is 11.5 Å². The quantitative estimate of drug-likeness (QED) is 0.115. The molecule has 0 spiro atoms. The lowest BCUT2D eigenvalue weighted by Crippen LogP contribution is -2.18. The Morgan fingerprint density at radius 3 is 1.00 bits per heavy atom. The number of hydrogen-bond acceptors (Lipinski definition) is 2. The molecule has 0 aliphatic heterocycles. The number of alkyl halides is 6. The van der Waals surface area contributed by atoms with Crippen LogP contribution >= 0.6 is 0 Å². The zero-order valence-corrected chi connectivity index (χ0v) is 26.0. The van der Waals surface area contributed by atoms with Gasteiger partial charge in [-0.05, 0) is 133 Å². The molecular formula is C37H38F6O2. The largest absolute Gasteiger partial charge is 0.573 e. The molecule has 4 aromatic carbocycles. The maximum Gasteiger partial charge on any atom is 0.573 e. The molecule has 0 aromatic heterocycles.